The highest BCUT2D eigenvalue weighted by Gasteiger charge is 2.19. The number of hydrogen-bond acceptors (Lipinski definition) is 2. The molecule has 0 aliphatic heterocycles. The van der Waals surface area contributed by atoms with E-state index in [-0.39, 0.29) is 0 Å². The first-order valence-electron chi connectivity index (χ1n) is 9.00. The van der Waals surface area contributed by atoms with Gasteiger partial charge in [-0.15, -0.1) is 0 Å². The Morgan fingerprint density at radius 1 is 0.720 bits per heavy atom. The molecule has 0 fully saturated rings. The van der Waals surface area contributed by atoms with Crippen molar-refractivity contribution in [2.24, 2.45) is 0 Å². The summed E-state index contributed by atoms with van der Waals surface area (Å²) >= 11 is 0. The zero-order valence-electron chi connectivity index (χ0n) is 15.0. The van der Waals surface area contributed by atoms with Crippen LogP contribution in [0, 0.1) is 0 Å². The van der Waals surface area contributed by atoms with Crippen molar-refractivity contribution in [2.75, 3.05) is 0 Å². The third kappa shape index (κ3) is 1.87. The van der Waals surface area contributed by atoms with Crippen LogP contribution in [0.25, 0.3) is 38.1 Å². The van der Waals surface area contributed by atoms with E-state index in [4.69, 9.17) is 9.97 Å². The molecule has 3 heteroatoms. The van der Waals surface area contributed by atoms with Crippen LogP contribution in [0.1, 0.15) is 50.9 Å². The predicted molar refractivity (Wildman–Crippen MR) is 105 cm³/mol. The number of para-hydroxylation sites is 1. The molecule has 0 atom stereocenters. The minimum absolute atomic E-state index is 0.427. The van der Waals surface area contributed by atoms with Crippen molar-refractivity contribution in [3.05, 3.63) is 54.1 Å². The Balaban J connectivity index is 2.00. The Morgan fingerprint density at radius 2 is 1.20 bits per heavy atom. The molecule has 0 aliphatic rings. The van der Waals surface area contributed by atoms with Crippen molar-refractivity contribution in [1.29, 1.82) is 0 Å². The van der Waals surface area contributed by atoms with Crippen LogP contribution in [-0.2, 0) is 0 Å². The van der Waals surface area contributed by atoms with Crippen LogP contribution in [-0.4, -0.2) is 14.4 Å². The van der Waals surface area contributed by atoms with E-state index in [0.29, 0.717) is 11.8 Å². The highest BCUT2D eigenvalue weighted by molar-refractivity contribution is 6.23. The second-order valence-electron chi connectivity index (χ2n) is 7.60. The lowest BCUT2D eigenvalue weighted by molar-refractivity contribution is 0.825. The van der Waals surface area contributed by atoms with E-state index in [0.717, 1.165) is 11.4 Å². The van der Waals surface area contributed by atoms with Gasteiger partial charge in [-0.1, -0.05) is 45.9 Å². The quantitative estimate of drug-likeness (QED) is 0.405. The summed E-state index contributed by atoms with van der Waals surface area (Å²) in [6.07, 6.45) is 4.06. The third-order valence-corrected chi connectivity index (χ3v) is 5.31. The first kappa shape index (κ1) is 14.6. The van der Waals surface area contributed by atoms with E-state index in [1.165, 1.54) is 38.1 Å². The topological polar surface area (TPSA) is 30.2 Å². The molecule has 0 bridgehead atoms. The van der Waals surface area contributed by atoms with Crippen LogP contribution in [0.4, 0.5) is 0 Å². The lowest BCUT2D eigenvalue weighted by Gasteiger charge is -2.06. The Morgan fingerprint density at radius 3 is 1.64 bits per heavy atom. The fourth-order valence-corrected chi connectivity index (χ4v) is 3.94. The number of hydrogen-bond donors (Lipinski definition) is 0. The molecule has 0 N–H and O–H groups in total. The highest BCUT2D eigenvalue weighted by atomic mass is 14.9. The standard InChI is InChI=1S/C22H21N3/c1-12(2)18-8-16-14-6-5-7-15-17-9-19(13(3)4)24-11-21(17)25(22(14)15)20(16)10-23-18/h5-13H,1-4H3. The third-order valence-electron chi connectivity index (χ3n) is 5.31. The fraction of sp³-hybridized carbons (Fsp3) is 0.273. The molecule has 0 spiro atoms. The summed E-state index contributed by atoms with van der Waals surface area (Å²) in [6.45, 7) is 8.77. The average Bonchev–Trinajstić information content (AvgIpc) is 3.12. The van der Waals surface area contributed by atoms with E-state index in [1.807, 2.05) is 12.4 Å². The molecule has 0 aliphatic carbocycles. The van der Waals surface area contributed by atoms with Gasteiger partial charge < -0.3 is 4.40 Å². The lowest BCUT2D eigenvalue weighted by atomic mass is 10.0. The number of rotatable bonds is 2. The van der Waals surface area contributed by atoms with Crippen LogP contribution in [0.5, 0.6) is 0 Å². The number of nitrogens with zero attached hydrogens (tertiary/aromatic N) is 3. The zero-order valence-corrected chi connectivity index (χ0v) is 15.0. The largest absolute Gasteiger partial charge is 0.305 e. The molecule has 0 unspecified atom stereocenters. The second-order valence-corrected chi connectivity index (χ2v) is 7.60. The molecule has 0 radical (unpaired) electrons. The molecular formula is C22H21N3. The maximum absolute atomic E-state index is 4.71. The maximum atomic E-state index is 4.71. The normalized spacial score (nSPS) is 12.7. The molecule has 4 heterocycles. The summed E-state index contributed by atoms with van der Waals surface area (Å²) in [5.41, 5.74) is 5.92. The van der Waals surface area contributed by atoms with Crippen molar-refractivity contribution in [1.82, 2.24) is 14.4 Å². The van der Waals surface area contributed by atoms with Crippen LogP contribution >= 0.6 is 0 Å². The first-order valence-corrected chi connectivity index (χ1v) is 9.00. The van der Waals surface area contributed by atoms with Crippen LogP contribution in [0.15, 0.2) is 42.7 Å². The molecule has 0 saturated heterocycles. The van der Waals surface area contributed by atoms with E-state index >= 15 is 0 Å². The van der Waals surface area contributed by atoms with Gasteiger partial charge in [0.1, 0.15) is 0 Å². The summed E-state index contributed by atoms with van der Waals surface area (Å²) < 4.78 is 2.34. The van der Waals surface area contributed by atoms with Gasteiger partial charge in [0, 0.05) is 32.9 Å². The van der Waals surface area contributed by atoms with E-state index in [2.05, 4.69) is 62.4 Å². The van der Waals surface area contributed by atoms with E-state index in [9.17, 15) is 0 Å². The molecule has 5 rings (SSSR count). The van der Waals surface area contributed by atoms with Gasteiger partial charge in [-0.3, -0.25) is 9.97 Å². The highest BCUT2D eigenvalue weighted by Crippen LogP contribution is 2.39. The number of pyridine rings is 2. The van der Waals surface area contributed by atoms with Crippen molar-refractivity contribution in [2.45, 2.75) is 39.5 Å². The predicted octanol–water partition coefficient (Wildman–Crippen LogP) is 5.87. The minimum atomic E-state index is 0.427. The van der Waals surface area contributed by atoms with Gasteiger partial charge in [0.25, 0.3) is 0 Å². The molecule has 124 valence electrons. The minimum Gasteiger partial charge on any atom is -0.305 e. The van der Waals surface area contributed by atoms with Crippen LogP contribution in [0.3, 0.4) is 0 Å². The van der Waals surface area contributed by atoms with Gasteiger partial charge in [-0.05, 0) is 24.0 Å². The van der Waals surface area contributed by atoms with E-state index < -0.39 is 0 Å². The maximum Gasteiger partial charge on any atom is 0.0725 e. The summed E-state index contributed by atoms with van der Waals surface area (Å²) in [6, 6.07) is 11.1. The average molecular weight is 327 g/mol. The van der Waals surface area contributed by atoms with E-state index in [1.54, 1.807) is 0 Å². The molecule has 25 heavy (non-hydrogen) atoms. The van der Waals surface area contributed by atoms with Crippen molar-refractivity contribution < 1.29 is 0 Å². The number of aromatic nitrogens is 3. The first-order chi connectivity index (χ1) is 12.1. The smallest absolute Gasteiger partial charge is 0.0725 e. The summed E-state index contributed by atoms with van der Waals surface area (Å²) in [4.78, 5) is 9.42. The molecule has 1 aromatic carbocycles. The van der Waals surface area contributed by atoms with Gasteiger partial charge >= 0.3 is 0 Å². The SMILES string of the molecule is CC(C)c1cc2c3cccc4c5cc(C(C)C)ncc5n(c2cn1)c34. The molecule has 0 amide bonds. The monoisotopic (exact) mass is 327 g/mol. The molecule has 0 saturated carbocycles. The molecule has 4 aromatic heterocycles. The molecule has 3 nitrogen and oxygen atoms in total. The molecule has 5 aromatic rings. The second kappa shape index (κ2) is 4.92. The van der Waals surface area contributed by atoms with Crippen molar-refractivity contribution >= 4 is 38.1 Å². The number of fused-ring (bicyclic) bond motifs is 6. The van der Waals surface area contributed by atoms with Gasteiger partial charge in [0.15, 0.2) is 0 Å². The lowest BCUT2D eigenvalue weighted by Crippen LogP contribution is -1.93. The molecular weight excluding hydrogens is 306 g/mol. The summed E-state index contributed by atoms with van der Waals surface area (Å²) in [7, 11) is 0. The Bertz CT molecular complexity index is 1150. The van der Waals surface area contributed by atoms with Gasteiger partial charge in [-0.25, -0.2) is 0 Å². The van der Waals surface area contributed by atoms with Crippen molar-refractivity contribution in [3.8, 4) is 0 Å². The van der Waals surface area contributed by atoms with Crippen LogP contribution < -0.4 is 0 Å². The Kier molecular flexibility index (Phi) is 2.88. The summed E-state index contributed by atoms with van der Waals surface area (Å²) in [5, 5.41) is 5.18. The number of benzene rings is 1. The summed E-state index contributed by atoms with van der Waals surface area (Å²) in [5.74, 6) is 0.855. The van der Waals surface area contributed by atoms with Gasteiger partial charge in [0.05, 0.1) is 28.9 Å². The van der Waals surface area contributed by atoms with Crippen LogP contribution in [0.2, 0.25) is 0 Å². The van der Waals surface area contributed by atoms with Crippen molar-refractivity contribution in [3.63, 3.8) is 0 Å². The Labute approximate surface area is 146 Å². The zero-order chi connectivity index (χ0) is 17.3. The fourth-order valence-electron chi connectivity index (χ4n) is 3.94. The van der Waals surface area contributed by atoms with Gasteiger partial charge in [-0.2, -0.15) is 0 Å². The Hall–Kier alpha value is -2.68. The van der Waals surface area contributed by atoms with Gasteiger partial charge in [0.2, 0.25) is 0 Å².